The molecule has 4 heteroatoms. The first-order valence-electron chi connectivity index (χ1n) is 2.38. The average molecular weight is 131 g/mol. The summed E-state index contributed by atoms with van der Waals surface area (Å²) in [6.45, 7) is 1.39. The molecule has 0 amide bonds. The first-order valence-corrected chi connectivity index (χ1v) is 4.98. The number of hydrogen-bond acceptors (Lipinski definition) is 3. The van der Waals surface area contributed by atoms with Crippen LogP contribution in [-0.4, -0.2) is 18.2 Å². The number of hydrogen-bond donors (Lipinski definition) is 2. The molecule has 0 aliphatic heterocycles. The van der Waals surface area contributed by atoms with Gasteiger partial charge in [0, 0.05) is 12.5 Å². The van der Waals surface area contributed by atoms with Crippen molar-refractivity contribution in [1.29, 1.82) is 5.26 Å². The Labute approximate surface area is 49.4 Å². The second-order valence-electron chi connectivity index (χ2n) is 1.88. The van der Waals surface area contributed by atoms with Gasteiger partial charge in [0.2, 0.25) is 0 Å². The molecule has 0 saturated carbocycles. The number of nitrogens with zero attached hydrogens (tertiary/aromatic N) is 1. The minimum atomic E-state index is -2.90. The van der Waals surface area contributed by atoms with Crippen LogP contribution in [0.5, 0.6) is 0 Å². The summed E-state index contributed by atoms with van der Waals surface area (Å²) >= 11 is 0. The van der Waals surface area contributed by atoms with E-state index in [2.05, 4.69) is 0 Å². The van der Waals surface area contributed by atoms with Crippen LogP contribution in [0.1, 0.15) is 6.42 Å². The predicted molar refractivity (Wildman–Crippen MR) is 31.1 cm³/mol. The number of rotatable bonds is 2. The Morgan fingerprint density at radius 3 is 2.25 bits per heavy atom. The minimum absolute atomic E-state index is 0.246. The Kier molecular flexibility index (Phi) is 2.69. The molecule has 0 rings (SSSR count). The standard InChI is InChI=1S/C4H9NO2Si/c1-8(6,7)4-2-3-5/h6-7H,2,4H2,1H3. The average Bonchev–Trinajstić information content (AvgIpc) is 1.59. The van der Waals surface area contributed by atoms with Gasteiger partial charge in [0.1, 0.15) is 0 Å². The molecule has 46 valence electrons. The zero-order valence-corrected chi connectivity index (χ0v) is 5.76. The van der Waals surface area contributed by atoms with Crippen LogP contribution in [0.15, 0.2) is 0 Å². The van der Waals surface area contributed by atoms with Gasteiger partial charge in [-0.25, -0.2) is 0 Å². The lowest BCUT2D eigenvalue weighted by atomic mass is 10.6. The van der Waals surface area contributed by atoms with E-state index in [4.69, 9.17) is 14.9 Å². The fourth-order valence-corrected chi connectivity index (χ4v) is 0.878. The van der Waals surface area contributed by atoms with Gasteiger partial charge in [0.05, 0.1) is 6.07 Å². The molecule has 3 nitrogen and oxygen atoms in total. The van der Waals surface area contributed by atoms with Crippen molar-refractivity contribution in [3.05, 3.63) is 0 Å². The topological polar surface area (TPSA) is 64.2 Å². The van der Waals surface area contributed by atoms with Crippen molar-refractivity contribution in [2.75, 3.05) is 0 Å². The molecule has 0 saturated heterocycles. The SMILES string of the molecule is C[Si](O)(O)CCC#N. The van der Waals surface area contributed by atoms with Crippen molar-refractivity contribution < 1.29 is 9.59 Å². The molecule has 0 aromatic heterocycles. The Hall–Kier alpha value is -0.373. The van der Waals surface area contributed by atoms with Crippen LogP contribution in [0.4, 0.5) is 0 Å². The van der Waals surface area contributed by atoms with Crippen LogP contribution in [-0.2, 0) is 0 Å². The fourth-order valence-electron chi connectivity index (χ4n) is 0.293. The van der Waals surface area contributed by atoms with E-state index in [1.165, 1.54) is 6.55 Å². The lowest BCUT2D eigenvalue weighted by Crippen LogP contribution is -2.28. The van der Waals surface area contributed by atoms with Gasteiger partial charge in [-0.15, -0.1) is 0 Å². The quantitative estimate of drug-likeness (QED) is 0.517. The van der Waals surface area contributed by atoms with Gasteiger partial charge in [-0.1, -0.05) is 0 Å². The highest BCUT2D eigenvalue weighted by Gasteiger charge is 2.19. The van der Waals surface area contributed by atoms with E-state index in [9.17, 15) is 0 Å². The fraction of sp³-hybridized carbons (Fsp3) is 0.750. The molecule has 0 fully saturated rings. The molecule has 0 bridgehead atoms. The maximum Gasteiger partial charge on any atom is 0.330 e. The van der Waals surface area contributed by atoms with Gasteiger partial charge in [0.15, 0.2) is 0 Å². The molecular formula is C4H9NO2Si. The minimum Gasteiger partial charge on any atom is -0.411 e. The Morgan fingerprint density at radius 2 is 2.12 bits per heavy atom. The van der Waals surface area contributed by atoms with Crippen LogP contribution in [0.2, 0.25) is 12.6 Å². The van der Waals surface area contributed by atoms with Gasteiger partial charge in [-0.3, -0.25) is 0 Å². The molecule has 0 aliphatic carbocycles. The molecule has 0 radical (unpaired) electrons. The monoisotopic (exact) mass is 131 g/mol. The molecule has 0 unspecified atom stereocenters. The molecule has 0 aromatic rings. The van der Waals surface area contributed by atoms with Crippen molar-refractivity contribution >= 4 is 8.56 Å². The van der Waals surface area contributed by atoms with Crippen molar-refractivity contribution in [2.24, 2.45) is 0 Å². The van der Waals surface area contributed by atoms with Crippen LogP contribution in [0.3, 0.4) is 0 Å². The van der Waals surface area contributed by atoms with Crippen LogP contribution >= 0.6 is 0 Å². The summed E-state index contributed by atoms with van der Waals surface area (Å²) in [4.78, 5) is 17.4. The van der Waals surface area contributed by atoms with Gasteiger partial charge in [0.25, 0.3) is 0 Å². The molecular weight excluding hydrogens is 122 g/mol. The molecule has 8 heavy (non-hydrogen) atoms. The second-order valence-corrected chi connectivity index (χ2v) is 4.81. The van der Waals surface area contributed by atoms with E-state index in [0.29, 0.717) is 0 Å². The van der Waals surface area contributed by atoms with Gasteiger partial charge >= 0.3 is 8.56 Å². The summed E-state index contributed by atoms with van der Waals surface area (Å²) in [6, 6.07) is 2.09. The molecule has 0 heterocycles. The van der Waals surface area contributed by atoms with E-state index in [-0.39, 0.29) is 12.5 Å². The second kappa shape index (κ2) is 2.82. The van der Waals surface area contributed by atoms with E-state index in [1.54, 1.807) is 0 Å². The van der Waals surface area contributed by atoms with Gasteiger partial charge < -0.3 is 9.59 Å². The van der Waals surface area contributed by atoms with E-state index in [1.807, 2.05) is 6.07 Å². The summed E-state index contributed by atoms with van der Waals surface area (Å²) in [5, 5.41) is 7.98. The van der Waals surface area contributed by atoms with Crippen LogP contribution in [0.25, 0.3) is 0 Å². The van der Waals surface area contributed by atoms with Crippen LogP contribution < -0.4 is 0 Å². The van der Waals surface area contributed by atoms with Crippen LogP contribution in [0, 0.1) is 11.3 Å². The lowest BCUT2D eigenvalue weighted by molar-refractivity contribution is 0.370. The Bertz CT molecular complexity index is 102. The van der Waals surface area contributed by atoms with E-state index < -0.39 is 8.56 Å². The maximum absolute atomic E-state index is 8.69. The smallest absolute Gasteiger partial charge is 0.330 e. The highest BCUT2D eigenvalue weighted by Crippen LogP contribution is 2.01. The molecule has 0 atom stereocenters. The Balaban J connectivity index is 3.28. The van der Waals surface area contributed by atoms with Gasteiger partial charge in [-0.2, -0.15) is 5.26 Å². The summed E-state index contributed by atoms with van der Waals surface area (Å²) in [5.74, 6) is 0. The Morgan fingerprint density at radius 1 is 1.62 bits per heavy atom. The van der Waals surface area contributed by atoms with Crippen molar-refractivity contribution in [3.63, 3.8) is 0 Å². The van der Waals surface area contributed by atoms with Crippen molar-refractivity contribution in [2.45, 2.75) is 19.0 Å². The highest BCUT2D eigenvalue weighted by molar-refractivity contribution is 6.63. The zero-order valence-electron chi connectivity index (χ0n) is 4.76. The zero-order chi connectivity index (χ0) is 6.62. The molecule has 2 N–H and O–H groups in total. The predicted octanol–water partition coefficient (Wildman–Crippen LogP) is -0.0433. The third-order valence-corrected chi connectivity index (χ3v) is 1.91. The molecule has 0 spiro atoms. The maximum atomic E-state index is 8.69. The van der Waals surface area contributed by atoms with Crippen molar-refractivity contribution in [3.8, 4) is 6.07 Å². The highest BCUT2D eigenvalue weighted by atomic mass is 28.4. The summed E-state index contributed by atoms with van der Waals surface area (Å²) in [5.41, 5.74) is 0. The van der Waals surface area contributed by atoms with E-state index >= 15 is 0 Å². The summed E-state index contributed by atoms with van der Waals surface area (Å²) in [7, 11) is -2.90. The summed E-state index contributed by atoms with van der Waals surface area (Å²) < 4.78 is 0. The summed E-state index contributed by atoms with van der Waals surface area (Å²) in [6.07, 6.45) is 0.246. The molecule has 0 aromatic carbocycles. The lowest BCUT2D eigenvalue weighted by Gasteiger charge is -2.06. The molecule has 0 aliphatic rings. The number of nitriles is 1. The van der Waals surface area contributed by atoms with Crippen molar-refractivity contribution in [1.82, 2.24) is 0 Å². The normalized spacial score (nSPS) is 10.8. The first kappa shape index (κ1) is 7.63. The largest absolute Gasteiger partial charge is 0.411 e. The van der Waals surface area contributed by atoms with Gasteiger partial charge in [-0.05, 0) is 6.55 Å². The van der Waals surface area contributed by atoms with E-state index in [0.717, 1.165) is 0 Å². The first-order chi connectivity index (χ1) is 3.56. The third-order valence-electron chi connectivity index (χ3n) is 0.710. The third kappa shape index (κ3) is 5.63.